The summed E-state index contributed by atoms with van der Waals surface area (Å²) in [7, 11) is 3.54. The third-order valence-corrected chi connectivity index (χ3v) is 24.7. The van der Waals surface area contributed by atoms with Crippen LogP contribution in [0.2, 0.25) is 0 Å². The molecular weight excluding hydrogens is 1780 g/mol. The summed E-state index contributed by atoms with van der Waals surface area (Å²) in [4.78, 5) is 258. The van der Waals surface area contributed by atoms with Gasteiger partial charge in [0.1, 0.15) is 84.3 Å². The first-order valence-electron chi connectivity index (χ1n) is 44.3. The zero-order valence-electron chi connectivity index (χ0n) is 75.9. The lowest BCUT2D eigenvalue weighted by atomic mass is 9.98. The van der Waals surface area contributed by atoms with Crippen LogP contribution in [0.1, 0.15) is 120 Å². The van der Waals surface area contributed by atoms with Crippen LogP contribution in [0.3, 0.4) is 0 Å². The van der Waals surface area contributed by atoms with E-state index in [9.17, 15) is 63.5 Å². The van der Waals surface area contributed by atoms with Crippen molar-refractivity contribution in [2.24, 2.45) is 17.6 Å². The third-order valence-electron chi connectivity index (χ3n) is 23.7. The molecule has 135 heavy (non-hydrogen) atoms. The molecule has 4 heterocycles. The molecule has 42 heteroatoms. The van der Waals surface area contributed by atoms with Crippen molar-refractivity contribution < 1.29 is 120 Å². The zero-order chi connectivity index (χ0) is 98.9. The van der Waals surface area contributed by atoms with Crippen molar-refractivity contribution in [1.29, 1.82) is 0 Å². The highest BCUT2D eigenvalue weighted by molar-refractivity contribution is 8.00. The summed E-state index contributed by atoms with van der Waals surface area (Å²) in [6, 6.07) is 6.77. The molecule has 728 valence electrons. The number of nitrogens with one attached hydrogen (secondary N) is 10. The van der Waals surface area contributed by atoms with Gasteiger partial charge in [-0.25, -0.2) is 13.2 Å². The van der Waals surface area contributed by atoms with E-state index in [0.717, 1.165) is 31.5 Å². The van der Waals surface area contributed by atoms with Gasteiger partial charge in [-0.3, -0.25) is 81.5 Å². The molecule has 5 aromatic carbocycles. The summed E-state index contributed by atoms with van der Waals surface area (Å²) in [5.41, 5.74) is 7.16. The Hall–Kier alpha value is -13.5. The Morgan fingerprint density at radius 2 is 1.01 bits per heavy atom. The molecule has 0 bridgehead atoms. The van der Waals surface area contributed by atoms with E-state index < -0.39 is 302 Å². The Bertz CT molecular complexity index is 5270. The number of likely N-dealkylation sites (N-methyl/N-ethyl adjacent to an activating group) is 3. The van der Waals surface area contributed by atoms with Gasteiger partial charge in [0.05, 0.1) is 30.9 Å². The number of aliphatic carboxylic acids is 2. The molecule has 9 rings (SSSR count). The number of benzene rings is 5. The van der Waals surface area contributed by atoms with Crippen LogP contribution in [0.25, 0.3) is 10.9 Å². The van der Waals surface area contributed by atoms with E-state index >= 15 is 56.7 Å². The van der Waals surface area contributed by atoms with Gasteiger partial charge in [-0.15, -0.1) is 11.8 Å². The van der Waals surface area contributed by atoms with Crippen LogP contribution in [-0.4, -0.2) is 299 Å². The summed E-state index contributed by atoms with van der Waals surface area (Å²) in [6.07, 6.45) is -7.15. The van der Waals surface area contributed by atoms with Crippen molar-refractivity contribution in [3.05, 3.63) is 173 Å². The summed E-state index contributed by atoms with van der Waals surface area (Å²) in [5, 5.41) is 77.3. The van der Waals surface area contributed by atoms with Crippen molar-refractivity contribution in [3.63, 3.8) is 0 Å². The smallest absolute Gasteiger partial charge is 0.305 e. The number of hydrogen-bond donors (Lipinski definition) is 16. The number of nitrogens with zero attached hydrogens (tertiary/aromatic N) is 5. The number of rotatable bonds is 24. The molecule has 6 aromatic rings. The van der Waals surface area contributed by atoms with Crippen molar-refractivity contribution in [1.82, 2.24) is 77.3 Å². The summed E-state index contributed by atoms with van der Waals surface area (Å²) in [5.74, 6) is -27.5. The second-order valence-electron chi connectivity index (χ2n) is 34.8. The molecule has 0 unspecified atom stereocenters. The number of carboxylic acid groups (broad SMARTS) is 2. The third kappa shape index (κ3) is 29.2. The number of hydrogen-bond acceptors (Lipinski definition) is 21. The standard InChI is InChI=1S/C93H117F3N16O22S/c1-9-10-25-70-92(133)112-46-58(115)41-73(112)88(129)105-67(42-78(120)121)85(126)107-80(50(4)5)93(134)109(7)71(37-51-19-13-11-14-20-51)86(127)101-63(30-31-77(118)119)90(131)111-45-57(114)40-72(111)87(128)104-66(39-55-43-98-62-24-18-17-23-59(55)62)84(125)103-65(35-53-26-28-56(113)29-27-53)83(124)102-64(32-49(2)3)82(123)106-69(81(122)99-44-75(97)116)47-135-48-76(117)100-68(36-54-33-60(94)79(96)61(95)34-54)89(130)110(8)74(91(132)108(70)6)38-52-21-15-12-16-22-52/h11-24,26-29,33-34,43,49-50,57-58,63-74,80,98,113-115H,9-10,25,30-32,35-42,44-48H2,1-8H3,(H2,97,116)(H,99,122)(H,100,117)(H,101,127)(H,102,124)(H,103,125)(H,104,128)(H,105,129)(H,106,123)(H,107,126)(H,118,119)(H,120,121)/t57-,58+,63+,64+,65+,66+,67+,68+,69+,70+,71+,72-,73-,74+,80+/m1/s1. The number of carbonyl (C=O) groups excluding carboxylic acids is 15. The maximum absolute atomic E-state index is 15.7. The Morgan fingerprint density at radius 1 is 0.511 bits per heavy atom. The minimum Gasteiger partial charge on any atom is -0.508 e. The van der Waals surface area contributed by atoms with E-state index in [1.165, 1.54) is 52.2 Å². The molecule has 0 saturated carbocycles. The molecule has 0 aliphatic carbocycles. The number of para-hydroxylation sites is 1. The SMILES string of the molecule is CCCC[C@H]1C(=O)N2C[C@@H](O)C[C@@H]2C(=O)N[C@@H](CC(=O)O)C(=O)N[C@@H](C(C)C)C(=O)N(C)[C@@H](Cc2ccccc2)C(=O)N[C@@H](CCC(=O)O)C(=O)N2C[C@H](O)C[C@@H]2C(=O)N[C@@H](Cc2c[nH]c3ccccc23)C(=O)N[C@@H](Cc2ccc(O)cc2)C(=O)N[C@@H](CC(C)C)C(=O)N[C@H](C(=O)NCC(N)=O)CSCC(=O)N[C@@H](Cc2cc(F)c(F)c(F)c2)C(=O)N(C)[C@@H](Cc2ccccc2)C(=O)N1C. The maximum atomic E-state index is 15.7. The van der Waals surface area contributed by atoms with Crippen LogP contribution < -0.4 is 53.6 Å². The number of thioether (sulfide) groups is 1. The largest absolute Gasteiger partial charge is 0.508 e. The number of primary amides is 1. The molecule has 15 amide bonds. The van der Waals surface area contributed by atoms with Crippen LogP contribution >= 0.6 is 11.8 Å². The van der Waals surface area contributed by atoms with Gasteiger partial charge in [0, 0.05) is 108 Å². The number of aliphatic hydroxyl groups excluding tert-OH is 2. The Balaban J connectivity index is 1.15. The van der Waals surface area contributed by atoms with Crippen LogP contribution in [-0.2, 0) is 114 Å². The van der Waals surface area contributed by atoms with E-state index in [1.807, 2.05) is 0 Å². The van der Waals surface area contributed by atoms with E-state index in [2.05, 4.69) is 52.8 Å². The van der Waals surface area contributed by atoms with Gasteiger partial charge in [-0.2, -0.15) is 0 Å². The maximum Gasteiger partial charge on any atom is 0.305 e. The van der Waals surface area contributed by atoms with Gasteiger partial charge in [-0.05, 0) is 89.2 Å². The predicted octanol–water partition coefficient (Wildman–Crippen LogP) is 0.667. The number of aliphatic hydroxyl groups is 2. The van der Waals surface area contributed by atoms with Gasteiger partial charge in [0.2, 0.25) is 88.6 Å². The van der Waals surface area contributed by atoms with Crippen LogP contribution in [0.15, 0.2) is 128 Å². The fraction of sp³-hybridized carbons (Fsp3) is 0.473. The highest BCUT2D eigenvalue weighted by Crippen LogP contribution is 2.29. The molecule has 3 saturated heterocycles. The number of aromatic nitrogens is 1. The second-order valence-corrected chi connectivity index (χ2v) is 35.8. The number of aromatic hydroxyl groups is 1. The average Bonchev–Trinajstić information content (AvgIpc) is 1.68. The minimum absolute atomic E-state index is 0.150. The molecule has 0 radical (unpaired) electrons. The van der Waals surface area contributed by atoms with E-state index in [0.29, 0.717) is 63.5 Å². The number of aromatic amines is 1. The predicted molar refractivity (Wildman–Crippen MR) is 484 cm³/mol. The quantitative estimate of drug-likeness (QED) is 0.0370. The first kappa shape index (κ1) is 105. The van der Waals surface area contributed by atoms with E-state index in [-0.39, 0.29) is 44.3 Å². The van der Waals surface area contributed by atoms with E-state index in [1.54, 1.807) is 112 Å². The number of phenolic OH excluding ortho intramolecular Hbond substituents is 1. The van der Waals surface area contributed by atoms with Crippen LogP contribution in [0.5, 0.6) is 5.75 Å². The Kier molecular flexibility index (Phi) is 38.1. The van der Waals surface area contributed by atoms with Crippen LogP contribution in [0, 0.1) is 29.3 Å². The van der Waals surface area contributed by atoms with Crippen molar-refractivity contribution in [3.8, 4) is 5.75 Å². The lowest BCUT2D eigenvalue weighted by Crippen LogP contribution is -2.62. The molecule has 0 spiro atoms. The lowest BCUT2D eigenvalue weighted by Gasteiger charge is -2.38. The van der Waals surface area contributed by atoms with Crippen molar-refractivity contribution in [2.45, 2.75) is 215 Å². The molecule has 3 aliphatic heterocycles. The van der Waals surface area contributed by atoms with Gasteiger partial charge in [-0.1, -0.05) is 138 Å². The zero-order valence-corrected chi connectivity index (χ0v) is 76.7. The number of halogens is 3. The number of phenols is 1. The van der Waals surface area contributed by atoms with Crippen LogP contribution in [0.4, 0.5) is 13.2 Å². The number of fused-ring (bicyclic) bond motifs is 3. The molecule has 3 aliphatic rings. The fourth-order valence-electron chi connectivity index (χ4n) is 16.5. The minimum atomic E-state index is -2.08. The summed E-state index contributed by atoms with van der Waals surface area (Å²) >= 11 is 0.640. The summed E-state index contributed by atoms with van der Waals surface area (Å²) < 4.78 is 45.1. The normalized spacial score (nSPS) is 24.5. The number of unbranched alkanes of at least 4 members (excludes halogenated alkanes) is 1. The molecule has 15 atom stereocenters. The number of amides is 15. The van der Waals surface area contributed by atoms with Crippen molar-refractivity contribution >= 4 is 123 Å². The number of carbonyl (C=O) groups is 17. The van der Waals surface area contributed by atoms with Gasteiger partial charge >= 0.3 is 11.9 Å². The van der Waals surface area contributed by atoms with E-state index in [4.69, 9.17) is 5.73 Å². The Labute approximate surface area is 780 Å². The second kappa shape index (κ2) is 48.9. The molecule has 3 fully saturated rings. The number of H-pyrrole nitrogens is 1. The highest BCUT2D eigenvalue weighted by Gasteiger charge is 2.48. The van der Waals surface area contributed by atoms with Gasteiger partial charge < -0.3 is 109 Å². The topological polar surface area (TPSA) is 558 Å². The molecule has 17 N–H and O–H groups in total. The monoisotopic (exact) mass is 1900 g/mol. The average molecular weight is 1900 g/mol. The van der Waals surface area contributed by atoms with Gasteiger partial charge in [0.25, 0.3) is 0 Å². The highest BCUT2D eigenvalue weighted by atomic mass is 32.2. The lowest BCUT2D eigenvalue weighted by molar-refractivity contribution is -0.152. The molecule has 38 nitrogen and oxygen atoms in total. The fourth-order valence-corrected chi connectivity index (χ4v) is 17.3. The first-order chi connectivity index (χ1) is 64.0. The summed E-state index contributed by atoms with van der Waals surface area (Å²) in [6.45, 7) is 6.06. The molecule has 1 aromatic heterocycles. The number of nitrogens with two attached hydrogens (primary N) is 1. The van der Waals surface area contributed by atoms with Crippen molar-refractivity contribution in [2.75, 3.05) is 52.3 Å². The molecular formula is C93H117F3N16O22S. The number of carboxylic acids is 2. The first-order valence-corrected chi connectivity index (χ1v) is 45.5. The Morgan fingerprint density at radius 3 is 1.59 bits per heavy atom. The van der Waals surface area contributed by atoms with Gasteiger partial charge in [0.15, 0.2) is 17.5 Å².